The van der Waals surface area contributed by atoms with Crippen LogP contribution in [-0.4, -0.2) is 58.1 Å². The number of aromatic nitrogens is 1. The second-order valence-corrected chi connectivity index (χ2v) is 5.33. The number of amides is 1. The smallest absolute Gasteiger partial charge is 0.225 e. The first kappa shape index (κ1) is 17.0. The Morgan fingerprint density at radius 1 is 1.40 bits per heavy atom. The normalized spacial score (nSPS) is 11.7. The molecule has 0 unspecified atom stereocenters. The molecule has 7 nitrogen and oxygen atoms in total. The van der Waals surface area contributed by atoms with E-state index in [2.05, 4.69) is 10.3 Å². The van der Waals surface area contributed by atoms with Crippen LogP contribution in [0.15, 0.2) is 5.38 Å². The molecule has 1 rings (SSSR count). The number of hydrogen-bond acceptors (Lipinski definition) is 7. The average molecular weight is 303 g/mol. The van der Waals surface area contributed by atoms with Gasteiger partial charge in [-0.25, -0.2) is 4.98 Å². The van der Waals surface area contributed by atoms with Crippen LogP contribution < -0.4 is 10.2 Å². The number of nitrogens with zero attached hydrogens (tertiary/aromatic N) is 2. The van der Waals surface area contributed by atoms with E-state index in [4.69, 9.17) is 0 Å². The van der Waals surface area contributed by atoms with E-state index in [0.29, 0.717) is 17.4 Å². The SMILES string of the molecule is CCN(C(C)=O)c1nc(CNC(CO)(CO)CO)cs1. The summed E-state index contributed by atoms with van der Waals surface area (Å²) in [7, 11) is 0. The van der Waals surface area contributed by atoms with Crippen LogP contribution in [0.1, 0.15) is 19.5 Å². The first-order chi connectivity index (χ1) is 9.51. The molecule has 1 aromatic rings. The largest absolute Gasteiger partial charge is 0.394 e. The predicted octanol–water partition coefficient (Wildman–Crippen LogP) is -0.679. The zero-order chi connectivity index (χ0) is 15.2. The molecule has 114 valence electrons. The number of carbonyl (C=O) groups excluding carboxylic acids is 1. The lowest BCUT2D eigenvalue weighted by Crippen LogP contribution is -2.54. The van der Waals surface area contributed by atoms with Crippen molar-refractivity contribution in [1.82, 2.24) is 10.3 Å². The molecule has 8 heteroatoms. The molecule has 1 heterocycles. The van der Waals surface area contributed by atoms with Gasteiger partial charge in [0.2, 0.25) is 5.91 Å². The zero-order valence-electron chi connectivity index (χ0n) is 11.7. The Hall–Kier alpha value is -1.06. The van der Waals surface area contributed by atoms with E-state index in [-0.39, 0.29) is 32.3 Å². The molecule has 0 aromatic carbocycles. The molecule has 0 aliphatic heterocycles. The number of rotatable bonds is 8. The van der Waals surface area contributed by atoms with Gasteiger partial charge in [-0.3, -0.25) is 15.0 Å². The minimum atomic E-state index is -1.13. The van der Waals surface area contributed by atoms with Crippen LogP contribution in [0.2, 0.25) is 0 Å². The van der Waals surface area contributed by atoms with E-state index in [1.165, 1.54) is 18.3 Å². The van der Waals surface area contributed by atoms with Gasteiger partial charge >= 0.3 is 0 Å². The highest BCUT2D eigenvalue weighted by Gasteiger charge is 2.27. The average Bonchev–Trinajstić information content (AvgIpc) is 2.90. The Morgan fingerprint density at radius 3 is 2.45 bits per heavy atom. The summed E-state index contributed by atoms with van der Waals surface area (Å²) in [5, 5.41) is 32.9. The summed E-state index contributed by atoms with van der Waals surface area (Å²) in [6, 6.07) is 0. The number of carbonyl (C=O) groups is 1. The van der Waals surface area contributed by atoms with Crippen LogP contribution in [0, 0.1) is 0 Å². The van der Waals surface area contributed by atoms with Crippen molar-refractivity contribution in [3.05, 3.63) is 11.1 Å². The molecule has 0 saturated heterocycles. The molecule has 1 amide bonds. The molecule has 0 radical (unpaired) electrons. The highest BCUT2D eigenvalue weighted by Crippen LogP contribution is 2.20. The van der Waals surface area contributed by atoms with Crippen molar-refractivity contribution in [2.75, 3.05) is 31.3 Å². The van der Waals surface area contributed by atoms with Crippen molar-refractivity contribution in [3.8, 4) is 0 Å². The summed E-state index contributed by atoms with van der Waals surface area (Å²) in [5.74, 6) is -0.0724. The summed E-state index contributed by atoms with van der Waals surface area (Å²) < 4.78 is 0. The summed E-state index contributed by atoms with van der Waals surface area (Å²) in [5.41, 5.74) is -0.446. The standard InChI is InChI=1S/C12H21N3O4S/c1-3-15(9(2)19)11-14-10(5-20-11)4-13-12(6-16,7-17)8-18/h5,13,16-18H,3-4,6-8H2,1-2H3. The van der Waals surface area contributed by atoms with Crippen LogP contribution in [0.25, 0.3) is 0 Å². The molecule has 4 N–H and O–H groups in total. The van der Waals surface area contributed by atoms with Gasteiger partial charge in [0.05, 0.1) is 31.1 Å². The van der Waals surface area contributed by atoms with Gasteiger partial charge < -0.3 is 15.3 Å². The molecule has 0 fully saturated rings. The number of aliphatic hydroxyl groups excluding tert-OH is 3. The summed E-state index contributed by atoms with van der Waals surface area (Å²) in [4.78, 5) is 17.3. The third-order valence-corrected chi connectivity index (χ3v) is 3.93. The van der Waals surface area contributed by atoms with Gasteiger partial charge in [0.25, 0.3) is 0 Å². The second kappa shape index (κ2) is 7.65. The van der Waals surface area contributed by atoms with Gasteiger partial charge in [-0.1, -0.05) is 0 Å². The van der Waals surface area contributed by atoms with Gasteiger partial charge in [-0.15, -0.1) is 11.3 Å². The van der Waals surface area contributed by atoms with Crippen molar-refractivity contribution in [3.63, 3.8) is 0 Å². The Balaban J connectivity index is 2.71. The van der Waals surface area contributed by atoms with Crippen molar-refractivity contribution in [1.29, 1.82) is 0 Å². The number of thiazole rings is 1. The maximum absolute atomic E-state index is 11.4. The molecule has 0 aliphatic carbocycles. The highest BCUT2D eigenvalue weighted by atomic mass is 32.1. The van der Waals surface area contributed by atoms with Crippen LogP contribution in [0.4, 0.5) is 5.13 Å². The van der Waals surface area contributed by atoms with Gasteiger partial charge in [0, 0.05) is 25.4 Å². The van der Waals surface area contributed by atoms with Crippen molar-refractivity contribution in [2.45, 2.75) is 25.9 Å². The fourth-order valence-electron chi connectivity index (χ4n) is 1.59. The van der Waals surface area contributed by atoms with E-state index in [1.807, 2.05) is 6.92 Å². The first-order valence-electron chi connectivity index (χ1n) is 6.32. The van der Waals surface area contributed by atoms with E-state index in [1.54, 1.807) is 10.3 Å². The molecule has 0 saturated carbocycles. The molecule has 0 bridgehead atoms. The molecule has 20 heavy (non-hydrogen) atoms. The lowest BCUT2D eigenvalue weighted by atomic mass is 10.0. The Morgan fingerprint density at radius 2 is 2.00 bits per heavy atom. The Kier molecular flexibility index (Phi) is 6.50. The fourth-order valence-corrected chi connectivity index (χ4v) is 2.52. The summed E-state index contributed by atoms with van der Waals surface area (Å²) >= 11 is 1.35. The predicted molar refractivity (Wildman–Crippen MR) is 76.6 cm³/mol. The van der Waals surface area contributed by atoms with Crippen molar-refractivity contribution in [2.24, 2.45) is 0 Å². The lowest BCUT2D eigenvalue weighted by molar-refractivity contribution is -0.116. The number of aliphatic hydroxyl groups is 3. The molecule has 0 aliphatic rings. The number of nitrogens with one attached hydrogen (secondary N) is 1. The van der Waals surface area contributed by atoms with Crippen LogP contribution in [0.3, 0.4) is 0 Å². The van der Waals surface area contributed by atoms with Crippen molar-refractivity contribution >= 4 is 22.4 Å². The number of anilines is 1. The second-order valence-electron chi connectivity index (χ2n) is 4.49. The van der Waals surface area contributed by atoms with Crippen molar-refractivity contribution < 1.29 is 20.1 Å². The van der Waals surface area contributed by atoms with E-state index < -0.39 is 5.54 Å². The summed E-state index contributed by atoms with van der Waals surface area (Å²) in [6.07, 6.45) is 0. The molecular formula is C12H21N3O4S. The summed E-state index contributed by atoms with van der Waals surface area (Å²) in [6.45, 7) is 3.03. The maximum atomic E-state index is 11.4. The van der Waals surface area contributed by atoms with E-state index in [0.717, 1.165) is 0 Å². The third-order valence-electron chi connectivity index (χ3n) is 3.02. The third kappa shape index (κ3) is 3.97. The molecule has 0 spiro atoms. The van der Waals surface area contributed by atoms with Gasteiger partial charge in [-0.2, -0.15) is 0 Å². The van der Waals surface area contributed by atoms with Gasteiger partial charge in [-0.05, 0) is 6.92 Å². The lowest BCUT2D eigenvalue weighted by Gasteiger charge is -2.28. The minimum Gasteiger partial charge on any atom is -0.394 e. The maximum Gasteiger partial charge on any atom is 0.225 e. The zero-order valence-corrected chi connectivity index (χ0v) is 12.5. The quantitative estimate of drug-likeness (QED) is 0.507. The fraction of sp³-hybridized carbons (Fsp3) is 0.667. The topological polar surface area (TPSA) is 106 Å². The highest BCUT2D eigenvalue weighted by molar-refractivity contribution is 7.14. The Bertz CT molecular complexity index is 426. The first-order valence-corrected chi connectivity index (χ1v) is 7.20. The Labute approximate surface area is 121 Å². The van der Waals surface area contributed by atoms with Crippen LogP contribution in [0.5, 0.6) is 0 Å². The van der Waals surface area contributed by atoms with Gasteiger partial charge in [0.1, 0.15) is 0 Å². The molecule has 0 atom stereocenters. The monoisotopic (exact) mass is 303 g/mol. The van der Waals surface area contributed by atoms with E-state index >= 15 is 0 Å². The minimum absolute atomic E-state index is 0.0724. The molecule has 1 aromatic heterocycles. The number of hydrogen-bond donors (Lipinski definition) is 4. The van der Waals surface area contributed by atoms with Crippen LogP contribution >= 0.6 is 11.3 Å². The van der Waals surface area contributed by atoms with Crippen LogP contribution in [-0.2, 0) is 11.3 Å². The van der Waals surface area contributed by atoms with E-state index in [9.17, 15) is 20.1 Å². The van der Waals surface area contributed by atoms with Gasteiger partial charge in [0.15, 0.2) is 5.13 Å². The molecular weight excluding hydrogens is 282 g/mol.